The Bertz CT molecular complexity index is 731. The van der Waals surface area contributed by atoms with Crippen molar-refractivity contribution in [3.05, 3.63) is 29.5 Å². The van der Waals surface area contributed by atoms with Crippen LogP contribution in [0.4, 0.5) is 0 Å². The van der Waals surface area contributed by atoms with Gasteiger partial charge in [-0.2, -0.15) is 0 Å². The molecular weight excluding hydrogens is 292 g/mol. The predicted molar refractivity (Wildman–Crippen MR) is 87.8 cm³/mol. The summed E-state index contributed by atoms with van der Waals surface area (Å²) in [5.74, 6) is 0.915. The average molecular weight is 314 g/mol. The molecule has 0 spiro atoms. The molecule has 2 aromatic rings. The Hall–Kier alpha value is -2.01. The molecule has 1 aliphatic heterocycles. The third-order valence-electron chi connectivity index (χ3n) is 4.96. The molecule has 2 unspecified atom stereocenters. The predicted octanol–water partition coefficient (Wildman–Crippen LogP) is 2.33. The summed E-state index contributed by atoms with van der Waals surface area (Å²) in [7, 11) is 1.69. The maximum atomic E-state index is 12.3. The quantitative estimate of drug-likeness (QED) is 0.914. The van der Waals surface area contributed by atoms with Crippen LogP contribution < -0.4 is 10.1 Å². The maximum Gasteiger partial charge on any atom is 0.249 e. The molecule has 4 rings (SSSR count). The van der Waals surface area contributed by atoms with E-state index < -0.39 is 0 Å². The largest absolute Gasteiger partial charge is 0.497 e. The average Bonchev–Trinajstić information content (AvgIpc) is 3.22. The zero-order valence-corrected chi connectivity index (χ0v) is 13.4. The van der Waals surface area contributed by atoms with Gasteiger partial charge in [-0.05, 0) is 55.9 Å². The van der Waals surface area contributed by atoms with Gasteiger partial charge in [-0.1, -0.05) is 0 Å². The summed E-state index contributed by atoms with van der Waals surface area (Å²) >= 11 is 0. The van der Waals surface area contributed by atoms with E-state index >= 15 is 0 Å². The van der Waals surface area contributed by atoms with Crippen molar-refractivity contribution in [2.45, 2.75) is 44.2 Å². The van der Waals surface area contributed by atoms with Crippen LogP contribution in [0.25, 0.3) is 10.9 Å². The number of ether oxygens (including phenoxy) is 2. The fourth-order valence-electron chi connectivity index (χ4n) is 3.72. The van der Waals surface area contributed by atoms with E-state index in [0.717, 1.165) is 43.4 Å². The zero-order valence-electron chi connectivity index (χ0n) is 13.4. The minimum Gasteiger partial charge on any atom is -0.497 e. The fraction of sp³-hybridized carbons (Fsp3) is 0.500. The first-order valence-electron chi connectivity index (χ1n) is 8.34. The van der Waals surface area contributed by atoms with Crippen LogP contribution in [0.3, 0.4) is 0 Å². The summed E-state index contributed by atoms with van der Waals surface area (Å²) in [6.07, 6.45) is 4.36. The van der Waals surface area contributed by atoms with E-state index in [4.69, 9.17) is 9.47 Å². The second-order valence-corrected chi connectivity index (χ2v) is 6.44. The molecule has 1 aromatic heterocycles. The highest BCUT2D eigenvalue weighted by Crippen LogP contribution is 2.31. The van der Waals surface area contributed by atoms with Crippen LogP contribution in [0.2, 0.25) is 0 Å². The SMILES string of the molecule is COc1ccc2[nH]c3c(c2c1)CC(NC(=O)C1CCCO1)CC3. The topological polar surface area (TPSA) is 63.3 Å². The Morgan fingerprint density at radius 2 is 2.30 bits per heavy atom. The number of fused-ring (bicyclic) bond motifs is 3. The molecule has 122 valence electrons. The monoisotopic (exact) mass is 314 g/mol. The molecule has 2 aliphatic rings. The van der Waals surface area contributed by atoms with Crippen LogP contribution in [-0.2, 0) is 22.4 Å². The second kappa shape index (κ2) is 5.89. The second-order valence-electron chi connectivity index (χ2n) is 6.44. The van der Waals surface area contributed by atoms with E-state index in [9.17, 15) is 4.79 Å². The van der Waals surface area contributed by atoms with Crippen LogP contribution in [0, 0.1) is 0 Å². The molecule has 1 aliphatic carbocycles. The molecule has 2 N–H and O–H groups in total. The first-order valence-corrected chi connectivity index (χ1v) is 8.34. The minimum atomic E-state index is -0.251. The summed E-state index contributed by atoms with van der Waals surface area (Å²) in [6.45, 7) is 0.704. The van der Waals surface area contributed by atoms with E-state index in [1.807, 2.05) is 6.07 Å². The third kappa shape index (κ3) is 2.70. The summed E-state index contributed by atoms with van der Waals surface area (Å²) in [6, 6.07) is 6.30. The van der Waals surface area contributed by atoms with Crippen LogP contribution in [0.15, 0.2) is 18.2 Å². The molecular formula is C18H22N2O3. The number of H-pyrrole nitrogens is 1. The van der Waals surface area contributed by atoms with Gasteiger partial charge in [0.15, 0.2) is 0 Å². The van der Waals surface area contributed by atoms with Gasteiger partial charge in [-0.3, -0.25) is 4.79 Å². The number of nitrogens with one attached hydrogen (secondary N) is 2. The number of hydrogen-bond acceptors (Lipinski definition) is 3. The molecule has 0 bridgehead atoms. The van der Waals surface area contributed by atoms with E-state index in [1.54, 1.807) is 7.11 Å². The maximum absolute atomic E-state index is 12.3. The number of aromatic amines is 1. The number of hydrogen-bond donors (Lipinski definition) is 2. The minimum absolute atomic E-state index is 0.0494. The summed E-state index contributed by atoms with van der Waals surface area (Å²) < 4.78 is 10.8. The van der Waals surface area contributed by atoms with Crippen LogP contribution in [-0.4, -0.2) is 36.8 Å². The molecule has 1 aromatic carbocycles. The first-order chi connectivity index (χ1) is 11.2. The van der Waals surface area contributed by atoms with Gasteiger partial charge in [-0.15, -0.1) is 0 Å². The normalized spacial score (nSPS) is 23.7. The van der Waals surface area contributed by atoms with Gasteiger partial charge >= 0.3 is 0 Å². The van der Waals surface area contributed by atoms with Gasteiger partial charge in [0.1, 0.15) is 11.9 Å². The van der Waals surface area contributed by atoms with Crippen molar-refractivity contribution in [1.82, 2.24) is 10.3 Å². The molecule has 23 heavy (non-hydrogen) atoms. The Labute approximate surface area is 135 Å². The van der Waals surface area contributed by atoms with Crippen molar-refractivity contribution < 1.29 is 14.3 Å². The number of carbonyl (C=O) groups is 1. The molecule has 2 atom stereocenters. The molecule has 0 radical (unpaired) electrons. The summed E-state index contributed by atoms with van der Waals surface area (Å²) in [5, 5.41) is 4.38. The Morgan fingerprint density at radius 1 is 1.39 bits per heavy atom. The smallest absolute Gasteiger partial charge is 0.249 e. The van der Waals surface area contributed by atoms with Crippen LogP contribution >= 0.6 is 0 Å². The highest BCUT2D eigenvalue weighted by molar-refractivity contribution is 5.87. The highest BCUT2D eigenvalue weighted by atomic mass is 16.5. The fourth-order valence-corrected chi connectivity index (χ4v) is 3.72. The Morgan fingerprint density at radius 3 is 3.09 bits per heavy atom. The molecule has 1 amide bonds. The summed E-state index contributed by atoms with van der Waals surface area (Å²) in [5.41, 5.74) is 3.74. The van der Waals surface area contributed by atoms with Gasteiger partial charge in [0.2, 0.25) is 5.91 Å². The van der Waals surface area contributed by atoms with E-state index in [0.29, 0.717) is 6.61 Å². The van der Waals surface area contributed by atoms with Gasteiger partial charge in [0.25, 0.3) is 0 Å². The van der Waals surface area contributed by atoms with Crippen LogP contribution in [0.5, 0.6) is 5.75 Å². The molecule has 5 heteroatoms. The Kier molecular flexibility index (Phi) is 3.73. The first kappa shape index (κ1) is 14.6. The van der Waals surface area contributed by atoms with Crippen molar-refractivity contribution in [2.24, 2.45) is 0 Å². The van der Waals surface area contributed by atoms with Crippen LogP contribution in [0.1, 0.15) is 30.5 Å². The number of benzene rings is 1. The lowest BCUT2D eigenvalue weighted by Crippen LogP contribution is -2.43. The number of rotatable bonds is 3. The zero-order chi connectivity index (χ0) is 15.8. The Balaban J connectivity index is 1.54. The molecule has 5 nitrogen and oxygen atoms in total. The van der Waals surface area contributed by atoms with Crippen molar-refractivity contribution in [1.29, 1.82) is 0 Å². The molecule has 0 saturated carbocycles. The number of amides is 1. The summed E-state index contributed by atoms with van der Waals surface area (Å²) in [4.78, 5) is 15.8. The lowest BCUT2D eigenvalue weighted by molar-refractivity contribution is -0.130. The third-order valence-corrected chi connectivity index (χ3v) is 4.96. The molecule has 2 heterocycles. The molecule has 1 saturated heterocycles. The van der Waals surface area contributed by atoms with E-state index in [2.05, 4.69) is 22.4 Å². The van der Waals surface area contributed by atoms with Gasteiger partial charge in [0, 0.05) is 29.2 Å². The highest BCUT2D eigenvalue weighted by Gasteiger charge is 2.28. The number of methoxy groups -OCH3 is 1. The number of aryl methyl sites for hydroxylation is 1. The van der Waals surface area contributed by atoms with Crippen molar-refractivity contribution >= 4 is 16.8 Å². The van der Waals surface area contributed by atoms with Gasteiger partial charge in [-0.25, -0.2) is 0 Å². The number of carbonyl (C=O) groups excluding carboxylic acids is 1. The van der Waals surface area contributed by atoms with Crippen molar-refractivity contribution in [3.8, 4) is 5.75 Å². The lowest BCUT2D eigenvalue weighted by Gasteiger charge is -2.25. The van der Waals surface area contributed by atoms with Gasteiger partial charge < -0.3 is 19.8 Å². The van der Waals surface area contributed by atoms with E-state index in [1.165, 1.54) is 16.6 Å². The van der Waals surface area contributed by atoms with Crippen molar-refractivity contribution in [3.63, 3.8) is 0 Å². The number of aromatic nitrogens is 1. The lowest BCUT2D eigenvalue weighted by atomic mass is 9.91. The van der Waals surface area contributed by atoms with Crippen molar-refractivity contribution in [2.75, 3.05) is 13.7 Å². The van der Waals surface area contributed by atoms with Gasteiger partial charge in [0.05, 0.1) is 7.11 Å². The van der Waals surface area contributed by atoms with E-state index in [-0.39, 0.29) is 18.1 Å². The molecule has 1 fully saturated rings. The standard InChI is InChI=1S/C18H22N2O3/c1-22-12-5-7-16-14(10-12)13-9-11(4-6-15(13)20-16)19-18(21)17-3-2-8-23-17/h5,7,10-11,17,20H,2-4,6,8-9H2,1H3,(H,19,21).